The lowest BCUT2D eigenvalue weighted by Gasteiger charge is -2.13. The number of nitrogens with one attached hydrogen (secondary N) is 3. The third-order valence-electron chi connectivity index (χ3n) is 3.46. The van der Waals surface area contributed by atoms with Crippen molar-refractivity contribution in [3.63, 3.8) is 0 Å². The number of hydrogen-bond donors (Lipinski definition) is 3. The zero-order valence-corrected chi connectivity index (χ0v) is 18.2. The number of nitrogens with zero attached hydrogens (tertiary/aromatic N) is 1. The van der Waals surface area contributed by atoms with Crippen LogP contribution in [0.25, 0.3) is 0 Å². The van der Waals surface area contributed by atoms with Gasteiger partial charge in [-0.15, -0.1) is 24.0 Å². The summed E-state index contributed by atoms with van der Waals surface area (Å²) in [6.07, 6.45) is 2.67. The molecule has 3 N–H and O–H groups in total. The van der Waals surface area contributed by atoms with E-state index in [2.05, 4.69) is 59.1 Å². The maximum absolute atomic E-state index is 11.7. The Hall–Kier alpha value is -1.31. The number of hydrogen-bond acceptors (Lipinski definition) is 2. The largest absolute Gasteiger partial charge is 0.356 e. The van der Waals surface area contributed by atoms with E-state index in [9.17, 15) is 4.79 Å². The van der Waals surface area contributed by atoms with E-state index in [0.717, 1.165) is 25.3 Å². The molecule has 5 nitrogen and oxygen atoms in total. The number of benzene rings is 1. The Balaban J connectivity index is 0.00000576. The summed E-state index contributed by atoms with van der Waals surface area (Å²) in [7, 11) is 0. The Kier molecular flexibility index (Phi) is 13.2. The van der Waals surface area contributed by atoms with Gasteiger partial charge in [0.15, 0.2) is 5.96 Å². The zero-order chi connectivity index (χ0) is 17.8. The van der Waals surface area contributed by atoms with Crippen molar-refractivity contribution < 1.29 is 4.79 Å². The molecule has 1 amide bonds. The number of rotatable bonds is 9. The van der Waals surface area contributed by atoms with Crippen LogP contribution in [-0.2, 0) is 11.3 Å². The highest BCUT2D eigenvalue weighted by Crippen LogP contribution is 2.04. The first kappa shape index (κ1) is 23.7. The minimum Gasteiger partial charge on any atom is -0.356 e. The minimum absolute atomic E-state index is 0. The molecule has 0 radical (unpaired) electrons. The first-order valence-electron chi connectivity index (χ1n) is 8.88. The summed E-state index contributed by atoms with van der Waals surface area (Å²) in [6.45, 7) is 10.2. The van der Waals surface area contributed by atoms with Crippen molar-refractivity contribution in [3.8, 4) is 0 Å². The summed E-state index contributed by atoms with van der Waals surface area (Å²) >= 11 is 0. The van der Waals surface area contributed by atoms with Crippen molar-refractivity contribution in [2.75, 3.05) is 13.1 Å². The third-order valence-corrected chi connectivity index (χ3v) is 3.46. The maximum atomic E-state index is 11.7. The Labute approximate surface area is 169 Å². The molecule has 0 aliphatic carbocycles. The molecule has 142 valence electrons. The molecule has 1 aromatic rings. The normalized spacial score (nSPS) is 11.0. The van der Waals surface area contributed by atoms with Gasteiger partial charge in [0, 0.05) is 25.6 Å². The minimum atomic E-state index is 0. The molecule has 25 heavy (non-hydrogen) atoms. The quantitative estimate of drug-likeness (QED) is 0.229. The number of guanidine groups is 1. The molecule has 0 saturated heterocycles. The van der Waals surface area contributed by atoms with Crippen molar-refractivity contribution in [2.24, 2.45) is 4.99 Å². The summed E-state index contributed by atoms with van der Waals surface area (Å²) in [6, 6.07) is 8.56. The fraction of sp³-hybridized carbons (Fsp3) is 0.579. The van der Waals surface area contributed by atoms with Gasteiger partial charge in [-0.2, -0.15) is 0 Å². The van der Waals surface area contributed by atoms with E-state index in [0.29, 0.717) is 19.5 Å². The van der Waals surface area contributed by atoms with Crippen LogP contribution in [0.15, 0.2) is 29.3 Å². The van der Waals surface area contributed by atoms with Gasteiger partial charge in [-0.25, -0.2) is 4.99 Å². The number of aryl methyl sites for hydroxylation is 1. The molecule has 0 spiro atoms. The summed E-state index contributed by atoms with van der Waals surface area (Å²) < 4.78 is 0. The van der Waals surface area contributed by atoms with Gasteiger partial charge >= 0.3 is 0 Å². The van der Waals surface area contributed by atoms with Crippen LogP contribution < -0.4 is 16.0 Å². The average molecular weight is 460 g/mol. The van der Waals surface area contributed by atoms with Gasteiger partial charge in [0.05, 0.1) is 6.54 Å². The summed E-state index contributed by atoms with van der Waals surface area (Å²) in [5.41, 5.74) is 2.42. The van der Waals surface area contributed by atoms with Gasteiger partial charge in [-0.05, 0) is 32.8 Å². The predicted molar refractivity (Wildman–Crippen MR) is 117 cm³/mol. The van der Waals surface area contributed by atoms with Crippen molar-refractivity contribution >= 4 is 35.8 Å². The molecule has 0 atom stereocenters. The fourth-order valence-corrected chi connectivity index (χ4v) is 2.11. The SMILES string of the molecule is CCCCNC(=NCc1ccc(C)cc1)NCCC(=O)NC(C)C.I. The monoisotopic (exact) mass is 460 g/mol. The van der Waals surface area contributed by atoms with E-state index in [1.807, 2.05) is 13.8 Å². The van der Waals surface area contributed by atoms with Crippen molar-refractivity contribution in [3.05, 3.63) is 35.4 Å². The molecule has 0 aliphatic heterocycles. The highest BCUT2D eigenvalue weighted by Gasteiger charge is 2.04. The molecule has 1 rings (SSSR count). The van der Waals surface area contributed by atoms with E-state index in [1.54, 1.807) is 0 Å². The molecule has 1 aromatic carbocycles. The van der Waals surface area contributed by atoms with Gasteiger partial charge in [0.1, 0.15) is 0 Å². The van der Waals surface area contributed by atoms with Crippen molar-refractivity contribution in [1.82, 2.24) is 16.0 Å². The third kappa shape index (κ3) is 11.8. The van der Waals surface area contributed by atoms with Crippen LogP contribution in [0.1, 0.15) is 51.2 Å². The van der Waals surface area contributed by atoms with Gasteiger partial charge < -0.3 is 16.0 Å². The van der Waals surface area contributed by atoms with E-state index < -0.39 is 0 Å². The number of halogens is 1. The first-order chi connectivity index (χ1) is 11.5. The Bertz CT molecular complexity index is 515. The summed E-state index contributed by atoms with van der Waals surface area (Å²) in [4.78, 5) is 16.3. The smallest absolute Gasteiger partial charge is 0.221 e. The molecular weight excluding hydrogens is 427 g/mol. The van der Waals surface area contributed by atoms with Gasteiger partial charge in [-0.3, -0.25) is 4.79 Å². The molecule has 6 heteroatoms. The maximum Gasteiger partial charge on any atom is 0.221 e. The van der Waals surface area contributed by atoms with Gasteiger partial charge in [-0.1, -0.05) is 43.2 Å². The highest BCUT2D eigenvalue weighted by molar-refractivity contribution is 14.0. The van der Waals surface area contributed by atoms with E-state index in [-0.39, 0.29) is 35.9 Å². The van der Waals surface area contributed by atoms with Crippen LogP contribution in [0.4, 0.5) is 0 Å². The fourth-order valence-electron chi connectivity index (χ4n) is 2.11. The molecule has 0 unspecified atom stereocenters. The molecule has 0 saturated carbocycles. The average Bonchev–Trinajstić information content (AvgIpc) is 2.53. The van der Waals surface area contributed by atoms with Crippen LogP contribution in [0, 0.1) is 6.92 Å². The number of aliphatic imine (C=N–C) groups is 1. The van der Waals surface area contributed by atoms with Crippen molar-refractivity contribution in [1.29, 1.82) is 0 Å². The standard InChI is InChI=1S/C19H32N4O.HI/c1-5-6-12-20-19(21-13-11-18(24)23-15(2)3)22-14-17-9-7-16(4)8-10-17;/h7-10,15H,5-6,11-14H2,1-4H3,(H,23,24)(H2,20,21,22);1H. The van der Waals surface area contributed by atoms with Crippen LogP contribution in [0.5, 0.6) is 0 Å². The molecule has 0 bridgehead atoms. The molecule has 0 heterocycles. The van der Waals surface area contributed by atoms with Crippen LogP contribution in [0.3, 0.4) is 0 Å². The number of carbonyl (C=O) groups excluding carboxylic acids is 1. The lowest BCUT2D eigenvalue weighted by Crippen LogP contribution is -2.40. The second-order valence-corrected chi connectivity index (χ2v) is 6.33. The van der Waals surface area contributed by atoms with Crippen LogP contribution in [0.2, 0.25) is 0 Å². The topological polar surface area (TPSA) is 65.5 Å². The summed E-state index contributed by atoms with van der Waals surface area (Å²) in [5.74, 6) is 0.824. The lowest BCUT2D eigenvalue weighted by atomic mass is 10.1. The van der Waals surface area contributed by atoms with Gasteiger partial charge in [0.2, 0.25) is 5.91 Å². The first-order valence-corrected chi connectivity index (χ1v) is 8.88. The van der Waals surface area contributed by atoms with E-state index >= 15 is 0 Å². The lowest BCUT2D eigenvalue weighted by molar-refractivity contribution is -0.121. The highest BCUT2D eigenvalue weighted by atomic mass is 127. The second-order valence-electron chi connectivity index (χ2n) is 6.33. The number of carbonyl (C=O) groups is 1. The molecular formula is C19H33IN4O. The number of unbranched alkanes of at least 4 members (excludes halogenated alkanes) is 1. The number of amides is 1. The molecule has 0 fully saturated rings. The predicted octanol–water partition coefficient (Wildman–Crippen LogP) is 3.36. The second kappa shape index (κ2) is 13.9. The van der Waals surface area contributed by atoms with E-state index in [4.69, 9.17) is 0 Å². The molecule has 0 aromatic heterocycles. The van der Waals surface area contributed by atoms with Crippen LogP contribution >= 0.6 is 24.0 Å². The summed E-state index contributed by atoms with van der Waals surface area (Å²) in [5, 5.41) is 9.46. The Morgan fingerprint density at radius 3 is 2.36 bits per heavy atom. The van der Waals surface area contributed by atoms with E-state index in [1.165, 1.54) is 11.1 Å². The van der Waals surface area contributed by atoms with Crippen LogP contribution in [-0.4, -0.2) is 31.0 Å². The van der Waals surface area contributed by atoms with Crippen molar-refractivity contribution in [2.45, 2.75) is 59.5 Å². The Morgan fingerprint density at radius 1 is 1.12 bits per heavy atom. The zero-order valence-electron chi connectivity index (χ0n) is 15.9. The molecule has 0 aliphatic rings. The Morgan fingerprint density at radius 2 is 1.76 bits per heavy atom. The van der Waals surface area contributed by atoms with Gasteiger partial charge in [0.25, 0.3) is 0 Å².